The number of nitrogens with two attached hydrogens (primary N) is 4. The molecule has 0 aliphatic rings. The molecule has 0 spiro atoms. The summed E-state index contributed by atoms with van der Waals surface area (Å²) in [5, 5.41) is 10.9. The number of ketones is 2. The lowest BCUT2D eigenvalue weighted by Crippen LogP contribution is -2.58. The van der Waals surface area contributed by atoms with Crippen LogP contribution in [0.2, 0.25) is 0 Å². The van der Waals surface area contributed by atoms with Gasteiger partial charge in [-0.15, -0.1) is 11.6 Å². The summed E-state index contributed by atoms with van der Waals surface area (Å²) in [6.45, 7) is 9.95. The van der Waals surface area contributed by atoms with Crippen molar-refractivity contribution < 1.29 is 28.8 Å². The molecule has 0 saturated carbocycles. The van der Waals surface area contributed by atoms with Crippen molar-refractivity contribution in [3.8, 4) is 0 Å². The second-order valence-corrected chi connectivity index (χ2v) is 14.5. The predicted molar refractivity (Wildman–Crippen MR) is 210 cm³/mol. The topological polar surface area (TPSA) is 279 Å². The van der Waals surface area contributed by atoms with Gasteiger partial charge >= 0.3 is 0 Å². The van der Waals surface area contributed by atoms with Gasteiger partial charge < -0.3 is 44.2 Å². The fourth-order valence-corrected chi connectivity index (χ4v) is 5.67. The van der Waals surface area contributed by atoms with Gasteiger partial charge in [-0.25, -0.2) is 0 Å². The summed E-state index contributed by atoms with van der Waals surface area (Å²) >= 11 is 5.62. The maximum absolute atomic E-state index is 13.8. The highest BCUT2D eigenvalue weighted by Crippen LogP contribution is 2.12. The van der Waals surface area contributed by atoms with Gasteiger partial charge in [-0.05, 0) is 56.8 Å². The highest BCUT2D eigenvalue weighted by molar-refractivity contribution is 6.48. The second-order valence-electron chi connectivity index (χ2n) is 14.3. The van der Waals surface area contributed by atoms with Crippen LogP contribution in [0.15, 0.2) is 9.98 Å². The van der Waals surface area contributed by atoms with Crippen molar-refractivity contribution in [1.82, 2.24) is 21.3 Å². The van der Waals surface area contributed by atoms with Gasteiger partial charge in [0.1, 0.15) is 18.1 Å². The molecule has 4 atom stereocenters. The summed E-state index contributed by atoms with van der Waals surface area (Å²) in [6, 6.07) is -4.37. The zero-order valence-electron chi connectivity index (χ0n) is 32.5. The van der Waals surface area contributed by atoms with Crippen molar-refractivity contribution in [3.05, 3.63) is 0 Å². The molecule has 16 nitrogen and oxygen atoms in total. The summed E-state index contributed by atoms with van der Waals surface area (Å²) in [4.78, 5) is 86.9. The van der Waals surface area contributed by atoms with Crippen molar-refractivity contribution in [2.75, 3.05) is 19.0 Å². The Balaban J connectivity index is 6.11. The first kappa shape index (κ1) is 49.0. The molecule has 0 aliphatic heterocycles. The Hall–Kier alpha value is -3.95. The lowest BCUT2D eigenvalue weighted by molar-refractivity contribution is -0.138. The summed E-state index contributed by atoms with van der Waals surface area (Å²) in [5.41, 5.74) is 21.8. The van der Waals surface area contributed by atoms with Crippen LogP contribution in [0.3, 0.4) is 0 Å². The number of carbonyl (C=O) groups excluding carboxylic acids is 6. The van der Waals surface area contributed by atoms with E-state index in [1.165, 1.54) is 6.42 Å². The molecule has 12 N–H and O–H groups in total. The van der Waals surface area contributed by atoms with E-state index in [1.807, 2.05) is 27.7 Å². The molecule has 304 valence electrons. The van der Waals surface area contributed by atoms with Gasteiger partial charge in [0.05, 0.1) is 11.9 Å². The Morgan fingerprint density at radius 3 is 1.45 bits per heavy atom. The Kier molecular flexibility index (Phi) is 26.4. The Morgan fingerprint density at radius 1 is 0.566 bits per heavy atom. The number of hydrogen-bond acceptors (Lipinski definition) is 8. The zero-order chi connectivity index (χ0) is 40.3. The summed E-state index contributed by atoms with van der Waals surface area (Å²) in [5.74, 6) is -4.72. The van der Waals surface area contributed by atoms with Gasteiger partial charge in [-0.1, -0.05) is 73.1 Å². The molecule has 0 fully saturated rings. The third-order valence-corrected chi connectivity index (χ3v) is 8.50. The number of rotatable bonds is 30. The van der Waals surface area contributed by atoms with Gasteiger partial charge in [-0.3, -0.25) is 38.8 Å². The largest absolute Gasteiger partial charge is 0.370 e. The minimum absolute atomic E-state index is 0.0428. The van der Waals surface area contributed by atoms with Gasteiger partial charge in [0.25, 0.3) is 0 Å². The molecular formula is C36H67ClN10O6. The number of nitrogens with one attached hydrogen (secondary N) is 4. The summed E-state index contributed by atoms with van der Waals surface area (Å²) in [7, 11) is 0. The summed E-state index contributed by atoms with van der Waals surface area (Å²) < 4.78 is 0. The fourth-order valence-electron chi connectivity index (χ4n) is 5.54. The quantitative estimate of drug-likeness (QED) is 0.0172. The molecule has 0 aromatic heterocycles. The monoisotopic (exact) mass is 770 g/mol. The minimum Gasteiger partial charge on any atom is -0.370 e. The zero-order valence-corrected chi connectivity index (χ0v) is 33.3. The Morgan fingerprint density at radius 2 is 0.981 bits per heavy atom. The number of guanidine groups is 2. The number of Topliss-reactive ketones (excluding diaryl/α,β-unsaturated/α-hetero) is 2. The standard InChI is InChI=1S/C36H67ClN10O6/c1-6-7-8-9-10-11-12-17-30(49)44-25(15-13-18-42-35(38)39)32(51)45-26(16-14-19-43-36(40)41)33(52)47-28(21-24(4)5)34(53)46-27(20-23(2)3)31(50)29(48)22-37/h23-28H,6-22H2,1-5H3,(H,44,49)(H,45,51)(H,46,53)(H,47,52)(H4,38,39,42)(H4,40,41,43). The van der Waals surface area contributed by atoms with Crippen molar-refractivity contribution in [2.45, 2.75) is 149 Å². The van der Waals surface area contributed by atoms with Crippen LogP contribution in [0.25, 0.3) is 0 Å². The average Bonchev–Trinajstić information content (AvgIpc) is 3.08. The van der Waals surface area contributed by atoms with Gasteiger partial charge in [0.15, 0.2) is 11.9 Å². The molecule has 0 aromatic carbocycles. The lowest BCUT2D eigenvalue weighted by Gasteiger charge is -2.27. The first-order chi connectivity index (χ1) is 25.0. The second kappa shape index (κ2) is 28.5. The van der Waals surface area contributed by atoms with Crippen molar-refractivity contribution >= 4 is 58.7 Å². The number of hydrogen-bond donors (Lipinski definition) is 8. The number of alkyl halides is 1. The normalized spacial score (nSPS) is 13.3. The Labute approximate surface area is 320 Å². The van der Waals surface area contributed by atoms with E-state index in [0.29, 0.717) is 19.3 Å². The molecule has 4 unspecified atom stereocenters. The van der Waals surface area contributed by atoms with Crippen molar-refractivity contribution in [3.63, 3.8) is 0 Å². The third kappa shape index (κ3) is 24.1. The average molecular weight is 771 g/mol. The van der Waals surface area contributed by atoms with Crippen molar-refractivity contribution in [1.29, 1.82) is 0 Å². The van der Waals surface area contributed by atoms with Crippen LogP contribution in [0.5, 0.6) is 0 Å². The Bertz CT molecular complexity index is 1210. The molecule has 53 heavy (non-hydrogen) atoms. The lowest BCUT2D eigenvalue weighted by atomic mass is 9.96. The maximum Gasteiger partial charge on any atom is 0.243 e. The smallest absolute Gasteiger partial charge is 0.243 e. The number of nitrogens with zero attached hydrogens (tertiary/aromatic N) is 2. The van der Waals surface area contributed by atoms with Crippen LogP contribution < -0.4 is 44.2 Å². The van der Waals surface area contributed by atoms with E-state index in [0.717, 1.165) is 32.1 Å². The molecule has 0 aromatic rings. The van der Waals surface area contributed by atoms with Crippen LogP contribution in [-0.4, -0.2) is 90.3 Å². The molecule has 4 amide bonds. The van der Waals surface area contributed by atoms with E-state index < -0.39 is 59.3 Å². The van der Waals surface area contributed by atoms with Crippen LogP contribution in [0.1, 0.15) is 125 Å². The number of halogens is 1. The van der Waals surface area contributed by atoms with Crippen LogP contribution in [0.4, 0.5) is 0 Å². The van der Waals surface area contributed by atoms with E-state index in [2.05, 4.69) is 38.2 Å². The summed E-state index contributed by atoms with van der Waals surface area (Å²) in [6.07, 6.45) is 8.81. The molecule has 0 rings (SSSR count). The SMILES string of the molecule is CCCCCCCCCC(=O)NC(CCCN=C(N)N)C(=O)NC(CCCN=C(N)N)C(=O)NC(CC(C)C)C(=O)NC(CC(C)C)C(=O)C(=O)CCl. The van der Waals surface area contributed by atoms with Gasteiger partial charge in [0.2, 0.25) is 35.2 Å². The van der Waals surface area contributed by atoms with E-state index >= 15 is 0 Å². The number of amides is 4. The van der Waals surface area contributed by atoms with Crippen LogP contribution in [-0.2, 0) is 28.8 Å². The first-order valence-electron chi connectivity index (χ1n) is 19.0. The molecule has 0 radical (unpaired) electrons. The van der Waals surface area contributed by atoms with E-state index in [9.17, 15) is 28.8 Å². The first-order valence-corrected chi connectivity index (χ1v) is 19.5. The molecule has 0 heterocycles. The highest BCUT2D eigenvalue weighted by Gasteiger charge is 2.33. The molecular weight excluding hydrogens is 704 g/mol. The minimum atomic E-state index is -1.15. The molecule has 0 saturated heterocycles. The van der Waals surface area contributed by atoms with Gasteiger partial charge in [-0.2, -0.15) is 0 Å². The number of carbonyl (C=O) groups is 6. The predicted octanol–water partition coefficient (Wildman–Crippen LogP) is 1.64. The van der Waals surface area contributed by atoms with E-state index in [-0.39, 0.29) is 74.9 Å². The van der Waals surface area contributed by atoms with Crippen LogP contribution >= 0.6 is 11.6 Å². The van der Waals surface area contributed by atoms with E-state index in [4.69, 9.17) is 34.5 Å². The number of aliphatic imine (C=N–C) groups is 2. The van der Waals surface area contributed by atoms with Crippen LogP contribution in [0, 0.1) is 11.8 Å². The van der Waals surface area contributed by atoms with E-state index in [1.54, 1.807) is 0 Å². The van der Waals surface area contributed by atoms with Gasteiger partial charge in [0, 0.05) is 19.5 Å². The maximum atomic E-state index is 13.8. The molecule has 17 heteroatoms. The van der Waals surface area contributed by atoms with Crippen molar-refractivity contribution in [2.24, 2.45) is 44.8 Å². The molecule has 0 aliphatic carbocycles. The highest BCUT2D eigenvalue weighted by atomic mass is 35.5. The molecule has 0 bridgehead atoms. The fraction of sp³-hybridized carbons (Fsp3) is 0.778. The number of unbranched alkanes of at least 4 members (excludes halogenated alkanes) is 6. The third-order valence-electron chi connectivity index (χ3n) is 8.26.